The zero-order valence-electron chi connectivity index (χ0n) is 16.5. The molecule has 0 amide bonds. The first-order valence-electron chi connectivity index (χ1n) is 9.64. The second-order valence-corrected chi connectivity index (χ2v) is 8.16. The molecule has 1 aliphatic rings. The number of ether oxygens (including phenoxy) is 1. The Balaban J connectivity index is 1.65. The lowest BCUT2D eigenvalue weighted by atomic mass is 10.0. The molecule has 1 aliphatic heterocycles. The second kappa shape index (κ2) is 8.87. The van der Waals surface area contributed by atoms with Crippen LogP contribution in [-0.4, -0.2) is 46.5 Å². The van der Waals surface area contributed by atoms with Gasteiger partial charge in [0.1, 0.15) is 16.2 Å². The van der Waals surface area contributed by atoms with Crippen LogP contribution in [-0.2, 0) is 17.5 Å². The van der Waals surface area contributed by atoms with Crippen LogP contribution in [0.3, 0.4) is 0 Å². The van der Waals surface area contributed by atoms with Gasteiger partial charge < -0.3 is 4.74 Å². The number of benzene rings is 1. The lowest BCUT2D eigenvalue weighted by Crippen LogP contribution is -2.45. The predicted octanol–water partition coefficient (Wildman–Crippen LogP) is 4.61. The largest absolute Gasteiger partial charge is 0.434 e. The van der Waals surface area contributed by atoms with E-state index in [0.717, 1.165) is 9.96 Å². The quantitative estimate of drug-likeness (QED) is 0.474. The molecule has 1 unspecified atom stereocenters. The fourth-order valence-corrected chi connectivity index (χ4v) is 4.13. The van der Waals surface area contributed by atoms with Crippen molar-refractivity contribution in [1.29, 1.82) is 0 Å². The maximum absolute atomic E-state index is 13.3. The summed E-state index contributed by atoms with van der Waals surface area (Å²) < 4.78 is 71.3. The molecule has 5 nitrogen and oxygen atoms in total. The summed E-state index contributed by atoms with van der Waals surface area (Å²) in [7, 11) is 0. The van der Waals surface area contributed by atoms with Crippen LogP contribution in [0.4, 0.5) is 22.0 Å². The molecule has 1 fully saturated rings. The number of hydrogen-bond donors (Lipinski definition) is 0. The Morgan fingerprint density at radius 2 is 1.91 bits per heavy atom. The molecule has 3 heterocycles. The summed E-state index contributed by atoms with van der Waals surface area (Å²) in [6.45, 7) is 1.30. The van der Waals surface area contributed by atoms with Crippen molar-refractivity contribution in [3.63, 3.8) is 0 Å². The van der Waals surface area contributed by atoms with Gasteiger partial charge in [-0.2, -0.15) is 13.2 Å². The Hall–Kier alpha value is -2.37. The zero-order chi connectivity index (χ0) is 23.0. The molecule has 4 rings (SSSR count). The fourth-order valence-electron chi connectivity index (χ4n) is 3.63. The maximum Gasteiger partial charge on any atom is 0.434 e. The van der Waals surface area contributed by atoms with Crippen LogP contribution in [0.5, 0.6) is 0 Å². The van der Waals surface area contributed by atoms with E-state index in [-0.39, 0.29) is 18.8 Å². The smallest absolute Gasteiger partial charge is 0.370 e. The third-order valence-corrected chi connectivity index (χ3v) is 5.91. The summed E-state index contributed by atoms with van der Waals surface area (Å²) in [5.41, 5.74) is -0.476. The molecule has 0 bridgehead atoms. The van der Waals surface area contributed by atoms with Crippen molar-refractivity contribution in [3.05, 3.63) is 68.7 Å². The van der Waals surface area contributed by atoms with E-state index in [9.17, 15) is 26.7 Å². The van der Waals surface area contributed by atoms with Crippen molar-refractivity contribution < 1.29 is 26.7 Å². The number of aromatic nitrogens is 2. The lowest BCUT2D eigenvalue weighted by Gasteiger charge is -2.32. The molecule has 1 aromatic carbocycles. The highest BCUT2D eigenvalue weighted by atomic mass is 79.9. The van der Waals surface area contributed by atoms with Gasteiger partial charge in [-0.3, -0.25) is 14.1 Å². The van der Waals surface area contributed by atoms with Crippen molar-refractivity contribution in [2.45, 2.75) is 25.3 Å². The molecule has 3 aromatic rings. The maximum atomic E-state index is 13.3. The number of pyridine rings is 1. The molecule has 2 aromatic heterocycles. The van der Waals surface area contributed by atoms with Gasteiger partial charge in [0, 0.05) is 31.4 Å². The Bertz CT molecular complexity index is 1180. The number of rotatable bonds is 4. The van der Waals surface area contributed by atoms with E-state index in [0.29, 0.717) is 24.2 Å². The Morgan fingerprint density at radius 1 is 1.19 bits per heavy atom. The summed E-state index contributed by atoms with van der Waals surface area (Å²) in [5.74, 6) is 0. The second-order valence-electron chi connectivity index (χ2n) is 7.37. The van der Waals surface area contributed by atoms with Gasteiger partial charge in [0.25, 0.3) is 12.0 Å². The number of hydrogen-bond acceptors (Lipinski definition) is 4. The molecule has 1 atom stereocenters. The van der Waals surface area contributed by atoms with E-state index in [4.69, 9.17) is 4.74 Å². The highest BCUT2D eigenvalue weighted by molar-refractivity contribution is 9.10. The van der Waals surface area contributed by atoms with Crippen molar-refractivity contribution in [2.24, 2.45) is 0 Å². The van der Waals surface area contributed by atoms with Crippen LogP contribution in [0.25, 0.3) is 16.8 Å². The highest BCUT2D eigenvalue weighted by Gasteiger charge is 2.37. The summed E-state index contributed by atoms with van der Waals surface area (Å²) in [6.07, 6.45) is -7.11. The molecular formula is C21H17BrF5N3O2. The third kappa shape index (κ3) is 4.55. The first-order valence-corrected chi connectivity index (χ1v) is 10.4. The summed E-state index contributed by atoms with van der Waals surface area (Å²) in [5, 5.41) is 0. The van der Waals surface area contributed by atoms with Gasteiger partial charge in [0.15, 0.2) is 5.69 Å². The Labute approximate surface area is 187 Å². The van der Waals surface area contributed by atoms with Crippen molar-refractivity contribution >= 4 is 21.6 Å². The minimum absolute atomic E-state index is 0.116. The molecule has 0 saturated carbocycles. The van der Waals surface area contributed by atoms with Crippen molar-refractivity contribution in [1.82, 2.24) is 14.3 Å². The number of halogens is 6. The minimum Gasteiger partial charge on any atom is -0.370 e. The van der Waals surface area contributed by atoms with E-state index in [1.54, 1.807) is 36.4 Å². The van der Waals surface area contributed by atoms with E-state index >= 15 is 0 Å². The van der Waals surface area contributed by atoms with Gasteiger partial charge in [-0.15, -0.1) is 0 Å². The van der Waals surface area contributed by atoms with E-state index in [2.05, 4.69) is 20.9 Å². The molecule has 32 heavy (non-hydrogen) atoms. The molecule has 11 heteroatoms. The Morgan fingerprint density at radius 3 is 2.56 bits per heavy atom. The van der Waals surface area contributed by atoms with Crippen LogP contribution in [0, 0.1) is 0 Å². The summed E-state index contributed by atoms with van der Waals surface area (Å²) in [4.78, 5) is 18.0. The van der Waals surface area contributed by atoms with E-state index in [1.165, 1.54) is 6.20 Å². The number of morpholine rings is 1. The number of alkyl halides is 5. The van der Waals surface area contributed by atoms with Crippen LogP contribution in [0.1, 0.15) is 11.3 Å². The fraction of sp³-hybridized carbons (Fsp3) is 0.333. The van der Waals surface area contributed by atoms with Gasteiger partial charge in [-0.25, -0.2) is 13.8 Å². The monoisotopic (exact) mass is 517 g/mol. The van der Waals surface area contributed by atoms with Gasteiger partial charge in [-0.05, 0) is 39.2 Å². The summed E-state index contributed by atoms with van der Waals surface area (Å²) >= 11 is 2.71. The molecule has 0 radical (unpaired) electrons. The van der Waals surface area contributed by atoms with Crippen LogP contribution in [0.2, 0.25) is 0 Å². The first kappa shape index (κ1) is 22.8. The number of fused-ring (bicyclic) bond motifs is 1. The lowest BCUT2D eigenvalue weighted by molar-refractivity contribution is -0.141. The van der Waals surface area contributed by atoms with E-state index < -0.39 is 34.4 Å². The average Bonchev–Trinajstić information content (AvgIpc) is 2.76. The normalized spacial score (nSPS) is 17.9. The molecule has 170 valence electrons. The van der Waals surface area contributed by atoms with Crippen molar-refractivity contribution in [2.75, 3.05) is 19.7 Å². The predicted molar refractivity (Wildman–Crippen MR) is 111 cm³/mol. The SMILES string of the molecule is O=c1c(Br)c(C(F)(F)F)nc2c(-c3ccc(CN4CCOC(C(F)F)C4)cc3)cccn12. The van der Waals surface area contributed by atoms with Crippen LogP contribution < -0.4 is 5.56 Å². The van der Waals surface area contributed by atoms with Gasteiger partial charge >= 0.3 is 6.18 Å². The standard InChI is InChI=1S/C21H17BrF5N3O2/c22-16-17(21(25,26)27)28-19-14(2-1-7-30(19)20(16)31)13-5-3-12(4-6-13)10-29-8-9-32-15(11-29)18(23)24/h1-7,15,18H,8-11H2. The molecule has 0 spiro atoms. The minimum atomic E-state index is -4.79. The van der Waals surface area contributed by atoms with E-state index in [1.807, 2.05) is 4.90 Å². The zero-order valence-corrected chi connectivity index (χ0v) is 18.0. The molecule has 0 N–H and O–H groups in total. The van der Waals surface area contributed by atoms with Crippen molar-refractivity contribution in [3.8, 4) is 11.1 Å². The highest BCUT2D eigenvalue weighted by Crippen LogP contribution is 2.33. The molecule has 0 aliphatic carbocycles. The first-order chi connectivity index (χ1) is 15.1. The molecule has 1 saturated heterocycles. The third-order valence-electron chi connectivity index (χ3n) is 5.20. The summed E-state index contributed by atoms with van der Waals surface area (Å²) in [6, 6.07) is 10.1. The van der Waals surface area contributed by atoms with Gasteiger partial charge in [0.2, 0.25) is 0 Å². The Kier molecular flexibility index (Phi) is 6.33. The van der Waals surface area contributed by atoms with Gasteiger partial charge in [-0.1, -0.05) is 24.3 Å². The number of nitrogens with zero attached hydrogens (tertiary/aromatic N) is 3. The van der Waals surface area contributed by atoms with Gasteiger partial charge in [0.05, 0.1) is 6.61 Å². The topological polar surface area (TPSA) is 46.8 Å². The van der Waals surface area contributed by atoms with Crippen LogP contribution >= 0.6 is 15.9 Å². The molecular weight excluding hydrogens is 501 g/mol. The van der Waals surface area contributed by atoms with Crippen LogP contribution in [0.15, 0.2) is 51.9 Å². The average molecular weight is 518 g/mol.